The van der Waals surface area contributed by atoms with Gasteiger partial charge in [-0.1, -0.05) is 6.92 Å². The molecule has 0 bridgehead atoms. The average molecular weight is 182 g/mol. The second kappa shape index (κ2) is 5.95. The summed E-state index contributed by atoms with van der Waals surface area (Å²) in [6.07, 6.45) is 5.01. The molecule has 0 aliphatic heterocycles. The summed E-state index contributed by atoms with van der Waals surface area (Å²) >= 11 is 0. The van der Waals surface area contributed by atoms with Crippen molar-refractivity contribution in [2.45, 2.75) is 44.8 Å². The molecule has 1 fully saturated rings. The first-order valence-corrected chi connectivity index (χ1v) is 5.11. The van der Waals surface area contributed by atoms with Gasteiger partial charge in [0.05, 0.1) is 18.2 Å². The van der Waals surface area contributed by atoms with Crippen LogP contribution in [0.2, 0.25) is 0 Å². The van der Waals surface area contributed by atoms with Crippen LogP contribution in [0.1, 0.15) is 32.6 Å². The Morgan fingerprint density at radius 2 is 2.38 bits per heavy atom. The molecule has 13 heavy (non-hydrogen) atoms. The lowest BCUT2D eigenvalue weighted by atomic mass is 9.96. The second-order valence-electron chi connectivity index (χ2n) is 3.45. The van der Waals surface area contributed by atoms with Gasteiger partial charge in [0.2, 0.25) is 0 Å². The van der Waals surface area contributed by atoms with Gasteiger partial charge in [0.1, 0.15) is 0 Å². The summed E-state index contributed by atoms with van der Waals surface area (Å²) in [5, 5.41) is 11.8. The Balaban J connectivity index is 1.99. The lowest BCUT2D eigenvalue weighted by molar-refractivity contribution is -0.000108. The second-order valence-corrected chi connectivity index (χ2v) is 3.45. The number of hydrogen-bond acceptors (Lipinski definition) is 3. The molecule has 1 saturated carbocycles. The van der Waals surface area contributed by atoms with Crippen LogP contribution in [0.15, 0.2) is 0 Å². The molecule has 0 aromatic heterocycles. The molecule has 1 N–H and O–H groups in total. The lowest BCUT2D eigenvalue weighted by Crippen LogP contribution is -2.30. The number of rotatable bonds is 6. The van der Waals surface area contributed by atoms with E-state index in [0.717, 1.165) is 19.6 Å². The molecule has 3 nitrogen and oxygen atoms in total. The van der Waals surface area contributed by atoms with E-state index in [-0.39, 0.29) is 6.04 Å². The van der Waals surface area contributed by atoms with E-state index in [9.17, 15) is 0 Å². The van der Waals surface area contributed by atoms with E-state index in [4.69, 9.17) is 10.00 Å². The van der Waals surface area contributed by atoms with Crippen LogP contribution >= 0.6 is 0 Å². The lowest BCUT2D eigenvalue weighted by Gasteiger charge is -2.25. The predicted octanol–water partition coefficient (Wildman–Crippen LogP) is 1.45. The van der Waals surface area contributed by atoms with Crippen molar-refractivity contribution in [2.24, 2.45) is 0 Å². The molecule has 1 aliphatic carbocycles. The van der Waals surface area contributed by atoms with Gasteiger partial charge >= 0.3 is 0 Å². The van der Waals surface area contributed by atoms with Crippen LogP contribution in [-0.2, 0) is 4.74 Å². The molecule has 1 atom stereocenters. The van der Waals surface area contributed by atoms with Crippen molar-refractivity contribution >= 4 is 0 Å². The highest BCUT2D eigenvalue weighted by atomic mass is 16.5. The Bertz CT molecular complexity index is 172. The molecule has 1 aliphatic rings. The molecule has 3 heteroatoms. The minimum absolute atomic E-state index is 0.0370. The highest BCUT2D eigenvalue weighted by Gasteiger charge is 2.17. The van der Waals surface area contributed by atoms with Crippen LogP contribution in [0.25, 0.3) is 0 Å². The van der Waals surface area contributed by atoms with Crippen LogP contribution in [-0.4, -0.2) is 25.3 Å². The fraction of sp³-hybridized carbons (Fsp3) is 0.900. The first kappa shape index (κ1) is 10.5. The van der Waals surface area contributed by atoms with Crippen molar-refractivity contribution < 1.29 is 4.74 Å². The third kappa shape index (κ3) is 3.75. The van der Waals surface area contributed by atoms with Gasteiger partial charge in [0.25, 0.3) is 0 Å². The maximum Gasteiger partial charge on any atom is 0.0974 e. The van der Waals surface area contributed by atoms with Crippen LogP contribution in [0.5, 0.6) is 0 Å². The molecular weight excluding hydrogens is 164 g/mol. The minimum Gasteiger partial charge on any atom is -0.378 e. The first-order valence-electron chi connectivity index (χ1n) is 5.11. The van der Waals surface area contributed by atoms with Crippen molar-refractivity contribution in [3.05, 3.63) is 0 Å². The van der Waals surface area contributed by atoms with Crippen LogP contribution in [0.3, 0.4) is 0 Å². The van der Waals surface area contributed by atoms with Gasteiger partial charge < -0.3 is 10.1 Å². The summed E-state index contributed by atoms with van der Waals surface area (Å²) in [4.78, 5) is 0. The van der Waals surface area contributed by atoms with E-state index in [0.29, 0.717) is 6.10 Å². The molecule has 0 aromatic carbocycles. The molecule has 0 spiro atoms. The predicted molar refractivity (Wildman–Crippen MR) is 51.3 cm³/mol. The molecule has 74 valence electrons. The number of hydrogen-bond donors (Lipinski definition) is 1. The standard InChI is InChI=1S/C10H18N2O/c1-2-12-9(8-11)6-7-13-10-4-3-5-10/h9-10,12H,2-7H2,1H3. The molecule has 0 aromatic rings. The van der Waals surface area contributed by atoms with Gasteiger partial charge in [0.15, 0.2) is 0 Å². The van der Waals surface area contributed by atoms with Gasteiger partial charge in [-0.05, 0) is 32.2 Å². The monoisotopic (exact) mass is 182 g/mol. The highest BCUT2D eigenvalue weighted by molar-refractivity contribution is 4.89. The zero-order valence-corrected chi connectivity index (χ0v) is 8.25. The molecule has 0 heterocycles. The molecule has 0 amide bonds. The zero-order chi connectivity index (χ0) is 9.52. The van der Waals surface area contributed by atoms with Crippen LogP contribution in [0, 0.1) is 11.3 Å². The number of nitriles is 1. The third-order valence-corrected chi connectivity index (χ3v) is 2.42. The molecule has 0 saturated heterocycles. The maximum atomic E-state index is 8.73. The summed E-state index contributed by atoms with van der Waals surface area (Å²) in [7, 11) is 0. The van der Waals surface area contributed by atoms with E-state index in [2.05, 4.69) is 11.4 Å². The summed E-state index contributed by atoms with van der Waals surface area (Å²) in [6, 6.07) is 2.18. The highest BCUT2D eigenvalue weighted by Crippen LogP contribution is 2.21. The zero-order valence-electron chi connectivity index (χ0n) is 8.25. The van der Waals surface area contributed by atoms with Gasteiger partial charge in [-0.25, -0.2) is 0 Å². The topological polar surface area (TPSA) is 45.0 Å². The maximum absolute atomic E-state index is 8.73. The van der Waals surface area contributed by atoms with E-state index < -0.39 is 0 Å². The number of nitrogens with zero attached hydrogens (tertiary/aromatic N) is 1. The van der Waals surface area contributed by atoms with Crippen molar-refractivity contribution in [1.82, 2.24) is 5.32 Å². The fourth-order valence-corrected chi connectivity index (χ4v) is 1.35. The van der Waals surface area contributed by atoms with Gasteiger partial charge in [0, 0.05) is 6.61 Å². The summed E-state index contributed by atoms with van der Waals surface area (Å²) < 4.78 is 5.57. The molecule has 1 unspecified atom stereocenters. The van der Waals surface area contributed by atoms with Gasteiger partial charge in [-0.2, -0.15) is 5.26 Å². The SMILES string of the molecule is CCNC(C#N)CCOC1CCC1. The number of ether oxygens (including phenoxy) is 1. The number of nitrogens with one attached hydrogen (secondary N) is 1. The molecule has 1 rings (SSSR count). The largest absolute Gasteiger partial charge is 0.378 e. The minimum atomic E-state index is -0.0370. The van der Waals surface area contributed by atoms with Crippen LogP contribution < -0.4 is 5.32 Å². The molecular formula is C10H18N2O. The summed E-state index contributed by atoms with van der Waals surface area (Å²) in [5.74, 6) is 0. The van der Waals surface area contributed by atoms with E-state index in [1.54, 1.807) is 0 Å². The van der Waals surface area contributed by atoms with Gasteiger partial charge in [-0.3, -0.25) is 0 Å². The van der Waals surface area contributed by atoms with Crippen molar-refractivity contribution in [3.8, 4) is 6.07 Å². The fourth-order valence-electron chi connectivity index (χ4n) is 1.35. The smallest absolute Gasteiger partial charge is 0.0974 e. The van der Waals surface area contributed by atoms with E-state index in [1.807, 2.05) is 6.92 Å². The Hall–Kier alpha value is -0.590. The summed E-state index contributed by atoms with van der Waals surface area (Å²) in [6.45, 7) is 3.58. The Morgan fingerprint density at radius 1 is 1.62 bits per heavy atom. The molecule has 0 radical (unpaired) electrons. The van der Waals surface area contributed by atoms with E-state index >= 15 is 0 Å². The third-order valence-electron chi connectivity index (χ3n) is 2.42. The van der Waals surface area contributed by atoms with Crippen LogP contribution in [0.4, 0.5) is 0 Å². The Morgan fingerprint density at radius 3 is 2.85 bits per heavy atom. The average Bonchev–Trinajstić information content (AvgIpc) is 2.07. The van der Waals surface area contributed by atoms with Crippen molar-refractivity contribution in [1.29, 1.82) is 5.26 Å². The van der Waals surface area contributed by atoms with Crippen molar-refractivity contribution in [3.63, 3.8) is 0 Å². The normalized spacial score (nSPS) is 19.1. The Labute approximate surface area is 80.1 Å². The Kier molecular flexibility index (Phi) is 4.81. The van der Waals surface area contributed by atoms with Crippen molar-refractivity contribution in [2.75, 3.05) is 13.2 Å². The first-order chi connectivity index (χ1) is 6.36. The summed E-state index contributed by atoms with van der Waals surface area (Å²) in [5.41, 5.74) is 0. The quantitative estimate of drug-likeness (QED) is 0.676. The van der Waals surface area contributed by atoms with E-state index in [1.165, 1.54) is 19.3 Å². The van der Waals surface area contributed by atoms with Gasteiger partial charge in [-0.15, -0.1) is 0 Å².